The SMILES string of the molecule is CCOC(=O)CCc1ccc(C#N)c2ccn(S(=O)(=O)c3ccc(C)cc3)c12. The summed E-state index contributed by atoms with van der Waals surface area (Å²) in [6.45, 7) is 3.91. The first kappa shape index (κ1) is 19.6. The Kier molecular flexibility index (Phi) is 5.52. The minimum Gasteiger partial charge on any atom is -0.466 e. The molecule has 6 nitrogen and oxygen atoms in total. The second kappa shape index (κ2) is 7.87. The van der Waals surface area contributed by atoms with Gasteiger partial charge in [0.1, 0.15) is 0 Å². The van der Waals surface area contributed by atoms with Gasteiger partial charge in [0.25, 0.3) is 10.0 Å². The summed E-state index contributed by atoms with van der Waals surface area (Å²) in [7, 11) is -3.84. The third-order valence-electron chi connectivity index (χ3n) is 4.50. The van der Waals surface area contributed by atoms with Gasteiger partial charge >= 0.3 is 5.97 Å². The van der Waals surface area contributed by atoms with Crippen molar-refractivity contribution < 1.29 is 17.9 Å². The summed E-state index contributed by atoms with van der Waals surface area (Å²) in [5.41, 5.74) is 2.43. The van der Waals surface area contributed by atoms with Gasteiger partial charge in [0.15, 0.2) is 0 Å². The molecule has 7 heteroatoms. The van der Waals surface area contributed by atoms with Crippen molar-refractivity contribution in [3.63, 3.8) is 0 Å². The summed E-state index contributed by atoms with van der Waals surface area (Å²) in [6, 6.07) is 13.6. The Morgan fingerprint density at radius 3 is 2.50 bits per heavy atom. The monoisotopic (exact) mass is 396 g/mol. The van der Waals surface area contributed by atoms with Gasteiger partial charge in [0, 0.05) is 18.0 Å². The number of benzene rings is 2. The van der Waals surface area contributed by atoms with Crippen LogP contribution in [0.4, 0.5) is 0 Å². The largest absolute Gasteiger partial charge is 0.466 e. The van der Waals surface area contributed by atoms with Crippen molar-refractivity contribution in [2.24, 2.45) is 0 Å². The van der Waals surface area contributed by atoms with Gasteiger partial charge in [-0.2, -0.15) is 5.26 Å². The van der Waals surface area contributed by atoms with Crippen LogP contribution in [0.5, 0.6) is 0 Å². The third-order valence-corrected chi connectivity index (χ3v) is 6.19. The number of aryl methyl sites for hydroxylation is 2. The van der Waals surface area contributed by atoms with Gasteiger partial charge in [0.05, 0.1) is 28.7 Å². The number of hydrogen-bond donors (Lipinski definition) is 0. The molecule has 0 saturated heterocycles. The minimum absolute atomic E-state index is 0.130. The number of nitriles is 1. The zero-order valence-corrected chi connectivity index (χ0v) is 16.5. The molecule has 0 saturated carbocycles. The van der Waals surface area contributed by atoms with Crippen LogP contribution in [-0.4, -0.2) is 25.0 Å². The Balaban J connectivity index is 2.14. The van der Waals surface area contributed by atoms with Gasteiger partial charge in [-0.05, 0) is 50.1 Å². The van der Waals surface area contributed by atoms with E-state index in [9.17, 15) is 18.5 Å². The molecule has 0 bridgehead atoms. The fourth-order valence-electron chi connectivity index (χ4n) is 3.09. The fourth-order valence-corrected chi connectivity index (χ4v) is 4.48. The zero-order chi connectivity index (χ0) is 20.3. The Morgan fingerprint density at radius 2 is 1.86 bits per heavy atom. The maximum atomic E-state index is 13.2. The molecule has 1 aromatic heterocycles. The van der Waals surface area contributed by atoms with Crippen molar-refractivity contribution >= 4 is 26.9 Å². The molecular formula is C21H20N2O4S. The van der Waals surface area contributed by atoms with E-state index in [1.807, 2.05) is 6.92 Å². The van der Waals surface area contributed by atoms with Crippen molar-refractivity contribution in [3.8, 4) is 6.07 Å². The van der Waals surface area contributed by atoms with E-state index in [0.717, 1.165) is 5.56 Å². The van der Waals surface area contributed by atoms with Crippen LogP contribution >= 0.6 is 0 Å². The highest BCUT2D eigenvalue weighted by Gasteiger charge is 2.22. The lowest BCUT2D eigenvalue weighted by Gasteiger charge is -2.12. The molecule has 1 heterocycles. The van der Waals surface area contributed by atoms with Crippen molar-refractivity contribution in [3.05, 3.63) is 65.4 Å². The van der Waals surface area contributed by atoms with Crippen molar-refractivity contribution in [2.45, 2.75) is 31.6 Å². The predicted octanol–water partition coefficient (Wildman–Crippen LogP) is 3.55. The topological polar surface area (TPSA) is 89.2 Å². The zero-order valence-electron chi connectivity index (χ0n) is 15.7. The van der Waals surface area contributed by atoms with E-state index < -0.39 is 10.0 Å². The third kappa shape index (κ3) is 3.64. The molecule has 0 unspecified atom stereocenters. The number of esters is 1. The van der Waals surface area contributed by atoms with E-state index in [0.29, 0.717) is 35.1 Å². The summed E-state index contributed by atoms with van der Waals surface area (Å²) in [5.74, 6) is -0.348. The van der Waals surface area contributed by atoms with Crippen molar-refractivity contribution in [2.75, 3.05) is 6.61 Å². The predicted molar refractivity (Wildman–Crippen MR) is 105 cm³/mol. The van der Waals surface area contributed by atoms with Crippen LogP contribution in [0.1, 0.15) is 30.0 Å². The lowest BCUT2D eigenvalue weighted by Crippen LogP contribution is -2.13. The smallest absolute Gasteiger partial charge is 0.306 e. The minimum atomic E-state index is -3.84. The van der Waals surface area contributed by atoms with Gasteiger partial charge in [-0.3, -0.25) is 4.79 Å². The average Bonchev–Trinajstić information content (AvgIpc) is 3.13. The van der Waals surface area contributed by atoms with Gasteiger partial charge < -0.3 is 4.74 Å². The summed E-state index contributed by atoms with van der Waals surface area (Å²) in [6.07, 6.45) is 1.90. The first-order valence-corrected chi connectivity index (χ1v) is 10.3. The lowest BCUT2D eigenvalue weighted by atomic mass is 10.0. The molecule has 0 aliphatic carbocycles. The van der Waals surface area contributed by atoms with E-state index in [4.69, 9.17) is 4.74 Å². The highest BCUT2D eigenvalue weighted by molar-refractivity contribution is 7.90. The quantitative estimate of drug-likeness (QED) is 0.595. The molecule has 28 heavy (non-hydrogen) atoms. The number of carbonyl (C=O) groups excluding carboxylic acids is 1. The number of nitrogens with zero attached hydrogens (tertiary/aromatic N) is 2. The maximum absolute atomic E-state index is 13.2. The molecule has 144 valence electrons. The normalized spacial score (nSPS) is 11.3. The summed E-state index contributed by atoms with van der Waals surface area (Å²) >= 11 is 0. The molecule has 3 aromatic rings. The van der Waals surface area contributed by atoms with Gasteiger partial charge in [-0.15, -0.1) is 0 Å². The Morgan fingerprint density at radius 1 is 1.14 bits per heavy atom. The lowest BCUT2D eigenvalue weighted by molar-refractivity contribution is -0.143. The molecular weight excluding hydrogens is 376 g/mol. The van der Waals surface area contributed by atoms with Crippen LogP contribution in [-0.2, 0) is 26.0 Å². The van der Waals surface area contributed by atoms with Crippen LogP contribution in [0.25, 0.3) is 10.9 Å². The van der Waals surface area contributed by atoms with Gasteiger partial charge in [-0.25, -0.2) is 12.4 Å². The first-order chi connectivity index (χ1) is 13.4. The van der Waals surface area contributed by atoms with Crippen LogP contribution in [0, 0.1) is 18.3 Å². The average molecular weight is 396 g/mol. The second-order valence-corrected chi connectivity index (χ2v) is 8.20. The summed E-state index contributed by atoms with van der Waals surface area (Å²) in [4.78, 5) is 11.9. The molecule has 0 aliphatic rings. The van der Waals surface area contributed by atoms with Crippen molar-refractivity contribution in [1.82, 2.24) is 3.97 Å². The fraction of sp³-hybridized carbons (Fsp3) is 0.238. The molecule has 0 aliphatic heterocycles. The number of rotatable bonds is 6. The van der Waals surface area contributed by atoms with Crippen molar-refractivity contribution in [1.29, 1.82) is 5.26 Å². The van der Waals surface area contributed by atoms with Gasteiger partial charge in [0.2, 0.25) is 0 Å². The molecule has 0 radical (unpaired) electrons. The molecule has 0 N–H and O–H groups in total. The second-order valence-electron chi connectivity index (χ2n) is 6.38. The van der Waals surface area contributed by atoms with E-state index >= 15 is 0 Å². The van der Waals surface area contributed by atoms with Crippen LogP contribution in [0.3, 0.4) is 0 Å². The number of ether oxygens (including phenoxy) is 1. The van der Waals surface area contributed by atoms with E-state index in [1.54, 1.807) is 49.4 Å². The molecule has 2 aromatic carbocycles. The molecule has 0 atom stereocenters. The van der Waals surface area contributed by atoms with E-state index in [1.165, 1.54) is 10.2 Å². The number of hydrogen-bond acceptors (Lipinski definition) is 5. The Hall–Kier alpha value is -3.11. The van der Waals surface area contributed by atoms with E-state index in [2.05, 4.69) is 6.07 Å². The Labute approximate surface area is 164 Å². The number of aromatic nitrogens is 1. The summed E-state index contributed by atoms with van der Waals surface area (Å²) < 4.78 is 32.6. The summed E-state index contributed by atoms with van der Waals surface area (Å²) in [5, 5.41) is 9.93. The number of fused-ring (bicyclic) bond motifs is 1. The molecule has 0 amide bonds. The van der Waals surface area contributed by atoms with Gasteiger partial charge in [-0.1, -0.05) is 23.8 Å². The highest BCUT2D eigenvalue weighted by atomic mass is 32.2. The van der Waals surface area contributed by atoms with E-state index in [-0.39, 0.29) is 17.3 Å². The maximum Gasteiger partial charge on any atom is 0.306 e. The number of carbonyl (C=O) groups is 1. The molecule has 0 fully saturated rings. The van der Waals surface area contributed by atoms with Crippen LogP contribution in [0.15, 0.2) is 53.6 Å². The standard InChI is InChI=1S/C21H20N2O4S/c1-3-27-20(24)11-8-16-6-7-17(14-22)19-12-13-23(21(16)19)28(25,26)18-9-4-15(2)5-10-18/h4-7,9-10,12-13H,3,8,11H2,1-2H3. The first-order valence-electron chi connectivity index (χ1n) is 8.89. The Bertz CT molecular complexity index is 1170. The van der Waals surface area contributed by atoms with Crippen LogP contribution < -0.4 is 0 Å². The molecule has 3 rings (SSSR count). The van der Waals surface area contributed by atoms with Crippen LogP contribution in [0.2, 0.25) is 0 Å². The molecule has 0 spiro atoms. The highest BCUT2D eigenvalue weighted by Crippen LogP contribution is 2.28.